The Morgan fingerprint density at radius 3 is 2.69 bits per heavy atom. The maximum Gasteiger partial charge on any atom is 0.217 e. The molecule has 3 aromatic rings. The van der Waals surface area contributed by atoms with Crippen molar-refractivity contribution in [2.24, 2.45) is 0 Å². The van der Waals surface area contributed by atoms with Gasteiger partial charge in [-0.15, -0.1) is 5.10 Å². The zero-order valence-corrected chi connectivity index (χ0v) is 14.8. The van der Waals surface area contributed by atoms with Gasteiger partial charge in [-0.2, -0.15) is 0 Å². The first-order valence-electron chi connectivity index (χ1n) is 8.57. The molecule has 0 aliphatic rings. The van der Waals surface area contributed by atoms with Gasteiger partial charge in [0.2, 0.25) is 11.7 Å². The fourth-order valence-electron chi connectivity index (χ4n) is 2.80. The van der Waals surface area contributed by atoms with Gasteiger partial charge in [0, 0.05) is 6.92 Å². The molecule has 1 atom stereocenters. The number of furan rings is 1. The van der Waals surface area contributed by atoms with E-state index in [2.05, 4.69) is 15.4 Å². The fourth-order valence-corrected chi connectivity index (χ4v) is 2.80. The van der Waals surface area contributed by atoms with Crippen molar-refractivity contribution in [1.29, 1.82) is 0 Å². The summed E-state index contributed by atoms with van der Waals surface area (Å²) in [7, 11) is 0. The van der Waals surface area contributed by atoms with Crippen LogP contribution in [0.3, 0.4) is 0 Å². The predicted octanol–water partition coefficient (Wildman–Crippen LogP) is 3.70. The number of benzene rings is 1. The molecule has 0 radical (unpaired) electrons. The molecule has 0 fully saturated rings. The summed E-state index contributed by atoms with van der Waals surface area (Å²) in [5.74, 6) is 1.25. The first kappa shape index (κ1) is 17.8. The topological polar surface area (TPSA) is 73.0 Å². The number of carbonyl (C=O) groups is 1. The lowest BCUT2D eigenvalue weighted by Crippen LogP contribution is -2.28. The predicted molar refractivity (Wildman–Crippen MR) is 94.7 cm³/mol. The lowest BCUT2D eigenvalue weighted by molar-refractivity contribution is -0.119. The number of hydrogen-bond acceptors (Lipinski definition) is 4. The number of rotatable bonds is 7. The smallest absolute Gasteiger partial charge is 0.217 e. The lowest BCUT2D eigenvalue weighted by Gasteiger charge is -2.17. The Labute approximate surface area is 151 Å². The van der Waals surface area contributed by atoms with Crippen LogP contribution in [0.15, 0.2) is 47.1 Å². The number of hydrogen-bond donors (Lipinski definition) is 1. The summed E-state index contributed by atoms with van der Waals surface area (Å²) in [6.45, 7) is 3.95. The zero-order valence-electron chi connectivity index (χ0n) is 14.8. The molecule has 0 saturated heterocycles. The van der Waals surface area contributed by atoms with Gasteiger partial charge in [0.25, 0.3) is 0 Å². The molecule has 1 amide bonds. The van der Waals surface area contributed by atoms with Crippen molar-refractivity contribution < 1.29 is 13.6 Å². The maximum atomic E-state index is 13.2. The third-order valence-electron chi connectivity index (χ3n) is 3.95. The van der Waals surface area contributed by atoms with Crippen molar-refractivity contribution in [2.75, 3.05) is 0 Å². The number of halogens is 1. The van der Waals surface area contributed by atoms with E-state index in [1.807, 2.05) is 6.92 Å². The standard InChI is InChI=1S/C19H21FN4O2/c1-3-5-16(21-13(2)25)19-22-18(17-6-4-11-26-17)23-24(19)12-14-7-9-15(20)10-8-14/h4,6-11,16H,3,5,12H2,1-2H3,(H,21,25)/t16-/m0/s1. The third-order valence-corrected chi connectivity index (χ3v) is 3.95. The molecule has 136 valence electrons. The number of aromatic nitrogens is 3. The van der Waals surface area contributed by atoms with Gasteiger partial charge >= 0.3 is 0 Å². The van der Waals surface area contributed by atoms with E-state index < -0.39 is 0 Å². The second-order valence-corrected chi connectivity index (χ2v) is 6.10. The van der Waals surface area contributed by atoms with Crippen LogP contribution >= 0.6 is 0 Å². The molecule has 7 heteroatoms. The van der Waals surface area contributed by atoms with Gasteiger partial charge in [-0.05, 0) is 36.2 Å². The zero-order chi connectivity index (χ0) is 18.5. The van der Waals surface area contributed by atoms with Crippen LogP contribution in [0.25, 0.3) is 11.6 Å². The van der Waals surface area contributed by atoms with Crippen molar-refractivity contribution in [3.8, 4) is 11.6 Å². The molecule has 1 N–H and O–H groups in total. The number of nitrogens with one attached hydrogen (secondary N) is 1. The van der Waals surface area contributed by atoms with Gasteiger partial charge in [0.1, 0.15) is 5.82 Å². The van der Waals surface area contributed by atoms with E-state index in [4.69, 9.17) is 4.42 Å². The molecule has 0 aliphatic heterocycles. The Morgan fingerprint density at radius 2 is 2.08 bits per heavy atom. The Hall–Kier alpha value is -2.96. The van der Waals surface area contributed by atoms with Crippen molar-refractivity contribution >= 4 is 5.91 Å². The molecule has 6 nitrogen and oxygen atoms in total. The molecule has 2 heterocycles. The first-order valence-corrected chi connectivity index (χ1v) is 8.57. The maximum absolute atomic E-state index is 13.2. The number of nitrogens with zero attached hydrogens (tertiary/aromatic N) is 3. The summed E-state index contributed by atoms with van der Waals surface area (Å²) in [6, 6.07) is 9.55. The highest BCUT2D eigenvalue weighted by Gasteiger charge is 2.22. The molecular weight excluding hydrogens is 335 g/mol. The molecular formula is C19H21FN4O2. The van der Waals surface area contributed by atoms with Gasteiger partial charge in [0.05, 0.1) is 18.8 Å². The summed E-state index contributed by atoms with van der Waals surface area (Å²) in [5, 5.41) is 7.49. The Bertz CT molecular complexity index is 856. The van der Waals surface area contributed by atoms with Crippen LogP contribution < -0.4 is 5.32 Å². The van der Waals surface area contributed by atoms with E-state index >= 15 is 0 Å². The summed E-state index contributed by atoms with van der Waals surface area (Å²) >= 11 is 0. The van der Waals surface area contributed by atoms with Crippen molar-refractivity contribution in [3.05, 3.63) is 59.9 Å². The average molecular weight is 356 g/mol. The quantitative estimate of drug-likeness (QED) is 0.700. The summed E-state index contributed by atoms with van der Waals surface area (Å²) in [5.41, 5.74) is 0.890. The minimum Gasteiger partial charge on any atom is -0.461 e. The third kappa shape index (κ3) is 4.17. The van der Waals surface area contributed by atoms with E-state index in [0.29, 0.717) is 24.0 Å². The molecule has 0 bridgehead atoms. The number of carbonyl (C=O) groups excluding carboxylic acids is 1. The highest BCUT2D eigenvalue weighted by molar-refractivity contribution is 5.73. The Morgan fingerprint density at radius 1 is 1.31 bits per heavy atom. The van der Waals surface area contributed by atoms with Crippen LogP contribution in [0.5, 0.6) is 0 Å². The largest absolute Gasteiger partial charge is 0.461 e. The van der Waals surface area contributed by atoms with E-state index in [9.17, 15) is 9.18 Å². The lowest BCUT2D eigenvalue weighted by atomic mass is 10.1. The van der Waals surface area contributed by atoms with E-state index in [-0.39, 0.29) is 17.8 Å². The molecule has 0 saturated carbocycles. The molecule has 0 spiro atoms. The molecule has 3 rings (SSSR count). The van der Waals surface area contributed by atoms with Gasteiger partial charge in [-0.3, -0.25) is 4.79 Å². The Kier molecular flexibility index (Phi) is 5.46. The van der Waals surface area contributed by atoms with Crippen LogP contribution in [-0.2, 0) is 11.3 Å². The van der Waals surface area contributed by atoms with Gasteiger partial charge < -0.3 is 9.73 Å². The Balaban J connectivity index is 1.99. The molecule has 1 aromatic carbocycles. The van der Waals surface area contributed by atoms with Crippen LogP contribution in [0.4, 0.5) is 4.39 Å². The SMILES string of the molecule is CCC[C@H](NC(C)=O)c1nc(-c2ccco2)nn1Cc1ccc(F)cc1. The van der Waals surface area contributed by atoms with Crippen molar-refractivity contribution in [2.45, 2.75) is 39.3 Å². The minimum absolute atomic E-state index is 0.126. The number of amides is 1. The average Bonchev–Trinajstić information content (AvgIpc) is 3.26. The fraction of sp³-hybridized carbons (Fsp3) is 0.316. The molecule has 0 unspecified atom stereocenters. The van der Waals surface area contributed by atoms with Gasteiger partial charge in [-0.25, -0.2) is 14.1 Å². The minimum atomic E-state index is -0.286. The highest BCUT2D eigenvalue weighted by atomic mass is 19.1. The second kappa shape index (κ2) is 7.95. The second-order valence-electron chi connectivity index (χ2n) is 6.10. The van der Waals surface area contributed by atoms with Crippen LogP contribution in [-0.4, -0.2) is 20.7 Å². The van der Waals surface area contributed by atoms with Gasteiger partial charge in [0.15, 0.2) is 11.6 Å². The monoisotopic (exact) mass is 356 g/mol. The summed E-state index contributed by atoms with van der Waals surface area (Å²) in [4.78, 5) is 16.2. The van der Waals surface area contributed by atoms with E-state index in [1.54, 1.807) is 35.2 Å². The molecule has 2 aromatic heterocycles. The normalized spacial score (nSPS) is 12.1. The molecule has 26 heavy (non-hydrogen) atoms. The summed E-state index contributed by atoms with van der Waals surface area (Å²) < 4.78 is 20.3. The van der Waals surface area contributed by atoms with Crippen LogP contribution in [0.1, 0.15) is 44.1 Å². The summed E-state index contributed by atoms with van der Waals surface area (Å²) in [6.07, 6.45) is 3.18. The molecule has 0 aliphatic carbocycles. The van der Waals surface area contributed by atoms with Gasteiger partial charge in [-0.1, -0.05) is 25.5 Å². The first-order chi connectivity index (χ1) is 12.6. The van der Waals surface area contributed by atoms with Crippen LogP contribution in [0, 0.1) is 5.82 Å². The highest BCUT2D eigenvalue weighted by Crippen LogP contribution is 2.23. The van der Waals surface area contributed by atoms with Crippen molar-refractivity contribution in [1.82, 2.24) is 20.1 Å². The van der Waals surface area contributed by atoms with Crippen molar-refractivity contribution in [3.63, 3.8) is 0 Å². The van der Waals surface area contributed by atoms with E-state index in [0.717, 1.165) is 18.4 Å². The van der Waals surface area contributed by atoms with Crippen LogP contribution in [0.2, 0.25) is 0 Å². The van der Waals surface area contributed by atoms with E-state index in [1.165, 1.54) is 19.1 Å².